The Balaban J connectivity index is 1.28. The number of nitrogens with zero attached hydrogens (tertiary/aromatic N) is 4. The van der Waals surface area contributed by atoms with Crippen molar-refractivity contribution in [1.29, 1.82) is 0 Å². The molecule has 4 rings (SSSR count). The monoisotopic (exact) mass is 435 g/mol. The minimum absolute atomic E-state index is 0.117. The van der Waals surface area contributed by atoms with Gasteiger partial charge in [0, 0.05) is 63.3 Å². The minimum Gasteiger partial charge on any atom is -0.497 e. The van der Waals surface area contributed by atoms with Crippen LogP contribution in [0, 0.1) is 0 Å². The predicted molar refractivity (Wildman–Crippen MR) is 124 cm³/mol. The van der Waals surface area contributed by atoms with Crippen LogP contribution < -0.4 is 14.8 Å². The normalized spacial score (nSPS) is 14.2. The third-order valence-electron chi connectivity index (χ3n) is 5.71. The van der Waals surface area contributed by atoms with E-state index in [1.807, 2.05) is 35.5 Å². The number of aromatic nitrogens is 2. The number of nitrogens with one attached hydrogen (secondary N) is 1. The lowest BCUT2D eigenvalue weighted by atomic mass is 10.2. The molecule has 168 valence electrons. The van der Waals surface area contributed by atoms with E-state index in [9.17, 15) is 4.79 Å². The van der Waals surface area contributed by atoms with E-state index in [0.29, 0.717) is 30.3 Å². The second-order valence-electron chi connectivity index (χ2n) is 7.64. The first-order valence-corrected chi connectivity index (χ1v) is 10.7. The van der Waals surface area contributed by atoms with Gasteiger partial charge in [0.2, 0.25) is 0 Å². The topological polar surface area (TPSA) is 71.9 Å². The Morgan fingerprint density at radius 3 is 2.50 bits per heavy atom. The lowest BCUT2D eigenvalue weighted by molar-refractivity contribution is 0.144. The van der Waals surface area contributed by atoms with Crippen molar-refractivity contribution in [2.24, 2.45) is 0 Å². The van der Waals surface area contributed by atoms with Gasteiger partial charge >= 0.3 is 6.03 Å². The first-order chi connectivity index (χ1) is 15.7. The highest BCUT2D eigenvalue weighted by molar-refractivity contribution is 5.91. The summed E-state index contributed by atoms with van der Waals surface area (Å²) in [5.41, 5.74) is 1.75. The number of benzene rings is 2. The Bertz CT molecular complexity index is 1030. The average molecular weight is 436 g/mol. The van der Waals surface area contributed by atoms with Crippen molar-refractivity contribution in [2.45, 2.75) is 6.54 Å². The van der Waals surface area contributed by atoms with Gasteiger partial charge in [-0.15, -0.1) is 0 Å². The molecule has 1 aliphatic rings. The van der Waals surface area contributed by atoms with Crippen LogP contribution in [0.15, 0.2) is 60.9 Å². The highest BCUT2D eigenvalue weighted by Gasteiger charge is 2.22. The van der Waals surface area contributed by atoms with E-state index in [4.69, 9.17) is 9.47 Å². The van der Waals surface area contributed by atoms with Gasteiger partial charge < -0.3 is 24.3 Å². The van der Waals surface area contributed by atoms with Crippen LogP contribution in [0.25, 0.3) is 11.4 Å². The number of methoxy groups -OCH3 is 2. The van der Waals surface area contributed by atoms with Crippen molar-refractivity contribution in [3.63, 3.8) is 0 Å². The van der Waals surface area contributed by atoms with Gasteiger partial charge in [-0.1, -0.05) is 30.3 Å². The van der Waals surface area contributed by atoms with E-state index in [1.54, 1.807) is 32.4 Å². The number of amides is 2. The van der Waals surface area contributed by atoms with Crippen LogP contribution in [0.3, 0.4) is 0 Å². The van der Waals surface area contributed by atoms with E-state index in [-0.39, 0.29) is 6.03 Å². The van der Waals surface area contributed by atoms with E-state index in [2.05, 4.69) is 31.9 Å². The summed E-state index contributed by atoms with van der Waals surface area (Å²) in [5, 5.41) is 2.95. The van der Waals surface area contributed by atoms with E-state index in [1.165, 1.54) is 0 Å². The number of carbonyl (C=O) groups is 1. The van der Waals surface area contributed by atoms with Crippen LogP contribution >= 0.6 is 0 Å². The summed E-state index contributed by atoms with van der Waals surface area (Å²) in [6, 6.07) is 15.5. The molecular formula is C24H29N5O3. The highest BCUT2D eigenvalue weighted by Crippen LogP contribution is 2.29. The molecule has 1 aromatic heterocycles. The zero-order valence-electron chi connectivity index (χ0n) is 18.5. The number of ether oxygens (including phenoxy) is 2. The fourth-order valence-corrected chi connectivity index (χ4v) is 3.86. The summed E-state index contributed by atoms with van der Waals surface area (Å²) in [5.74, 6) is 2.24. The molecule has 0 bridgehead atoms. The Kier molecular flexibility index (Phi) is 6.91. The first kappa shape index (κ1) is 21.7. The zero-order valence-corrected chi connectivity index (χ0v) is 18.5. The number of hydrogen-bond donors (Lipinski definition) is 1. The van der Waals surface area contributed by atoms with E-state index < -0.39 is 0 Å². The number of carbonyl (C=O) groups excluding carboxylic acids is 1. The summed E-state index contributed by atoms with van der Waals surface area (Å²) in [6.45, 7) is 4.81. The highest BCUT2D eigenvalue weighted by atomic mass is 16.5. The summed E-state index contributed by atoms with van der Waals surface area (Å²) >= 11 is 0. The lowest BCUT2D eigenvalue weighted by Gasteiger charge is -2.34. The number of anilines is 1. The quantitative estimate of drug-likeness (QED) is 0.616. The predicted octanol–water partition coefficient (Wildman–Crippen LogP) is 3.42. The molecule has 2 amide bonds. The maximum Gasteiger partial charge on any atom is 0.322 e. The molecule has 2 aromatic carbocycles. The van der Waals surface area contributed by atoms with Crippen molar-refractivity contribution >= 4 is 11.7 Å². The molecule has 2 heterocycles. The largest absolute Gasteiger partial charge is 0.497 e. The molecule has 3 aromatic rings. The molecule has 0 spiro atoms. The van der Waals surface area contributed by atoms with Gasteiger partial charge in [-0.25, -0.2) is 9.78 Å². The number of imidazole rings is 1. The zero-order chi connectivity index (χ0) is 22.3. The molecule has 0 aliphatic carbocycles. The van der Waals surface area contributed by atoms with E-state index >= 15 is 0 Å². The van der Waals surface area contributed by atoms with Crippen molar-refractivity contribution < 1.29 is 14.3 Å². The SMILES string of the molecule is COc1ccc(NC(=O)N2CCN(CCn3ccnc3-c3ccccc3)CC2)c(OC)c1. The molecule has 32 heavy (non-hydrogen) atoms. The molecule has 1 saturated heterocycles. The standard InChI is InChI=1S/C24H29N5O3/c1-31-20-8-9-21(22(18-20)32-2)26-24(30)29-16-13-27(14-17-29)12-15-28-11-10-25-23(28)19-6-4-3-5-7-19/h3-11,18H,12-17H2,1-2H3,(H,26,30). The van der Waals surface area contributed by atoms with Gasteiger partial charge in [0.15, 0.2) is 0 Å². The van der Waals surface area contributed by atoms with Crippen LogP contribution in [-0.2, 0) is 6.54 Å². The fourth-order valence-electron chi connectivity index (χ4n) is 3.86. The Hall–Kier alpha value is -3.52. The third kappa shape index (κ3) is 5.03. The third-order valence-corrected chi connectivity index (χ3v) is 5.71. The molecule has 8 nitrogen and oxygen atoms in total. The average Bonchev–Trinajstić information content (AvgIpc) is 3.32. The van der Waals surface area contributed by atoms with Crippen LogP contribution in [0.1, 0.15) is 0 Å². The molecule has 1 aliphatic heterocycles. The van der Waals surface area contributed by atoms with Crippen LogP contribution in [0.4, 0.5) is 10.5 Å². The number of piperazine rings is 1. The van der Waals surface area contributed by atoms with Crippen LogP contribution in [-0.4, -0.2) is 72.3 Å². The summed E-state index contributed by atoms with van der Waals surface area (Å²) < 4.78 is 12.8. The minimum atomic E-state index is -0.117. The van der Waals surface area contributed by atoms with Gasteiger partial charge in [0.05, 0.1) is 19.9 Å². The maximum absolute atomic E-state index is 12.7. The van der Waals surface area contributed by atoms with Gasteiger partial charge in [0.1, 0.15) is 17.3 Å². The second-order valence-corrected chi connectivity index (χ2v) is 7.64. The number of urea groups is 1. The fraction of sp³-hybridized carbons (Fsp3) is 0.333. The van der Waals surface area contributed by atoms with Crippen molar-refractivity contribution in [3.8, 4) is 22.9 Å². The van der Waals surface area contributed by atoms with Gasteiger partial charge in [-0.3, -0.25) is 4.90 Å². The molecule has 0 saturated carbocycles. The first-order valence-electron chi connectivity index (χ1n) is 10.7. The molecule has 0 atom stereocenters. The van der Waals surface area contributed by atoms with Gasteiger partial charge in [-0.2, -0.15) is 0 Å². The molecule has 0 radical (unpaired) electrons. The van der Waals surface area contributed by atoms with Gasteiger partial charge in [0.25, 0.3) is 0 Å². The molecule has 1 N–H and O–H groups in total. The summed E-state index contributed by atoms with van der Waals surface area (Å²) in [4.78, 5) is 21.5. The molecular weight excluding hydrogens is 406 g/mol. The summed E-state index contributed by atoms with van der Waals surface area (Å²) in [7, 11) is 3.18. The molecule has 1 fully saturated rings. The van der Waals surface area contributed by atoms with Crippen molar-refractivity contribution in [1.82, 2.24) is 19.4 Å². The smallest absolute Gasteiger partial charge is 0.322 e. The van der Waals surface area contributed by atoms with Crippen molar-refractivity contribution in [3.05, 3.63) is 60.9 Å². The molecule has 8 heteroatoms. The maximum atomic E-state index is 12.7. The van der Waals surface area contributed by atoms with Crippen LogP contribution in [0.5, 0.6) is 11.5 Å². The second kappa shape index (κ2) is 10.2. The van der Waals surface area contributed by atoms with Crippen molar-refractivity contribution in [2.75, 3.05) is 52.3 Å². The number of hydrogen-bond acceptors (Lipinski definition) is 5. The molecule has 0 unspecified atom stereocenters. The Morgan fingerprint density at radius 2 is 1.78 bits per heavy atom. The lowest BCUT2D eigenvalue weighted by Crippen LogP contribution is -2.50. The Morgan fingerprint density at radius 1 is 1.00 bits per heavy atom. The van der Waals surface area contributed by atoms with E-state index in [0.717, 1.165) is 37.6 Å². The summed E-state index contributed by atoms with van der Waals surface area (Å²) in [6.07, 6.45) is 3.87. The van der Waals surface area contributed by atoms with Crippen LogP contribution in [0.2, 0.25) is 0 Å². The van der Waals surface area contributed by atoms with Gasteiger partial charge in [-0.05, 0) is 12.1 Å². The number of rotatable bonds is 7. The Labute approximate surface area is 188 Å².